The summed E-state index contributed by atoms with van der Waals surface area (Å²) in [5.74, 6) is 6.05. The molecule has 3 saturated carbocycles. The van der Waals surface area contributed by atoms with Crippen LogP contribution >= 0.6 is 0 Å². The molecule has 0 unspecified atom stereocenters. The molecule has 4 aliphatic heterocycles. The van der Waals surface area contributed by atoms with Crippen LogP contribution in [0.15, 0.2) is 9.98 Å². The second kappa shape index (κ2) is 16.9. The van der Waals surface area contributed by atoms with Crippen molar-refractivity contribution in [3.05, 3.63) is 0 Å². The highest BCUT2D eigenvalue weighted by Gasteiger charge is 2.42. The minimum absolute atomic E-state index is 0.360. The van der Waals surface area contributed by atoms with E-state index in [4.69, 9.17) is 0 Å². The van der Waals surface area contributed by atoms with Gasteiger partial charge in [0.05, 0.1) is 6.54 Å². The number of amidine groups is 1. The zero-order chi connectivity index (χ0) is 31.8. The summed E-state index contributed by atoms with van der Waals surface area (Å²) in [5, 5.41) is 0. The molecule has 2 amide bonds. The molecule has 0 spiro atoms. The van der Waals surface area contributed by atoms with Crippen LogP contribution in [0.1, 0.15) is 156 Å². The third kappa shape index (κ3) is 9.66. The van der Waals surface area contributed by atoms with E-state index in [2.05, 4.69) is 40.6 Å². The van der Waals surface area contributed by atoms with Crippen LogP contribution in [0.25, 0.3) is 0 Å². The Morgan fingerprint density at radius 2 is 1.07 bits per heavy atom. The summed E-state index contributed by atoms with van der Waals surface area (Å²) >= 11 is 0. The number of amides is 2. The second-order valence-corrected chi connectivity index (χ2v) is 16.3. The lowest BCUT2D eigenvalue weighted by Gasteiger charge is -2.38. The van der Waals surface area contributed by atoms with Gasteiger partial charge in [0.1, 0.15) is 5.84 Å². The molecule has 254 valence electrons. The lowest BCUT2D eigenvalue weighted by atomic mass is 9.80. The van der Waals surface area contributed by atoms with E-state index >= 15 is 0 Å². The fraction of sp³-hybridized carbons (Fsp3) is 0.897. The smallest absolute Gasteiger partial charge is 0.226 e. The molecule has 0 aromatic carbocycles. The zero-order valence-corrected chi connectivity index (χ0v) is 29.5. The number of nitrogens with zero attached hydrogens (tertiary/aromatic N) is 4. The monoisotopic (exact) mass is 623 g/mol. The van der Waals surface area contributed by atoms with Crippen molar-refractivity contribution >= 4 is 23.4 Å². The summed E-state index contributed by atoms with van der Waals surface area (Å²) in [5.41, 5.74) is 1.35. The normalized spacial score (nSPS) is 36.5. The summed E-state index contributed by atoms with van der Waals surface area (Å²) < 4.78 is 0. The molecule has 45 heavy (non-hydrogen) atoms. The maximum absolute atomic E-state index is 12.6. The molecule has 2 atom stereocenters. The number of likely N-dealkylation sites (tertiary alicyclic amines) is 1. The second-order valence-electron chi connectivity index (χ2n) is 16.3. The first kappa shape index (κ1) is 34.6. The molecule has 6 fully saturated rings. The quantitative estimate of drug-likeness (QED) is 0.316. The molecule has 7 aliphatic rings. The van der Waals surface area contributed by atoms with E-state index < -0.39 is 0 Å². The fourth-order valence-electron chi connectivity index (χ4n) is 9.36. The molecule has 2 bridgehead atoms. The van der Waals surface area contributed by atoms with E-state index in [9.17, 15) is 9.59 Å². The van der Waals surface area contributed by atoms with E-state index in [-0.39, 0.29) is 0 Å². The standard InChI is InChI=1S/C15H25NO.C13H23NO.C11H18N2/c1-11-5-7-12(8-6-11)15(17)16-13-3-2-4-14(16)10-9-13;1-11-5-7-12(8-6-11)13(15)14-9-3-2-4-10-14;1-8-3-5-10(6-4-8)11-7-12-9(2)13-11/h11-14H,2-10H2,1H3;11-12H,2-10H2,1H3;8,10H,3-7H2,1-2H3/t11?,12?,13-,14+;;. The number of carbonyl (C=O) groups excluding carboxylic acids is 2. The van der Waals surface area contributed by atoms with Gasteiger partial charge < -0.3 is 9.80 Å². The first-order chi connectivity index (χ1) is 21.8. The van der Waals surface area contributed by atoms with Crippen LogP contribution in [0.5, 0.6) is 0 Å². The van der Waals surface area contributed by atoms with Crippen LogP contribution < -0.4 is 0 Å². The summed E-state index contributed by atoms with van der Waals surface area (Å²) in [7, 11) is 0. The summed E-state index contributed by atoms with van der Waals surface area (Å²) in [4.78, 5) is 38.1. The SMILES string of the molecule is CC1=NCC(C2CCC(C)CC2)=N1.CC1CCC(C(=O)N2CCCCC2)CC1.CC1CCC(C(=O)N2[C@@H]3CCC[C@H]2CC3)CC1. The Morgan fingerprint density at radius 1 is 0.578 bits per heavy atom. The Labute approximate surface area is 275 Å². The molecular weight excluding hydrogens is 556 g/mol. The molecule has 4 heterocycles. The molecule has 0 N–H and O–H groups in total. The fourth-order valence-corrected chi connectivity index (χ4v) is 9.36. The predicted molar refractivity (Wildman–Crippen MR) is 187 cm³/mol. The van der Waals surface area contributed by atoms with Gasteiger partial charge in [0, 0.05) is 42.7 Å². The van der Waals surface area contributed by atoms with Crippen molar-refractivity contribution in [3.8, 4) is 0 Å². The van der Waals surface area contributed by atoms with Crippen molar-refractivity contribution in [2.75, 3.05) is 19.6 Å². The number of hydrogen-bond donors (Lipinski definition) is 0. The molecular formula is C39H66N4O2. The van der Waals surface area contributed by atoms with Crippen molar-refractivity contribution < 1.29 is 9.59 Å². The first-order valence-corrected chi connectivity index (χ1v) is 19.5. The zero-order valence-electron chi connectivity index (χ0n) is 29.5. The third-order valence-corrected chi connectivity index (χ3v) is 12.6. The van der Waals surface area contributed by atoms with Crippen molar-refractivity contribution in [3.63, 3.8) is 0 Å². The molecule has 7 rings (SSSR count). The Bertz CT molecular complexity index is 992. The summed E-state index contributed by atoms with van der Waals surface area (Å²) in [6.45, 7) is 11.9. The van der Waals surface area contributed by atoms with Gasteiger partial charge in [-0.05, 0) is 146 Å². The van der Waals surface area contributed by atoms with Crippen LogP contribution in [-0.2, 0) is 9.59 Å². The number of carbonyl (C=O) groups is 2. The van der Waals surface area contributed by atoms with Crippen LogP contribution in [0.4, 0.5) is 0 Å². The average Bonchev–Trinajstić information content (AvgIpc) is 3.61. The Kier molecular flexibility index (Phi) is 13.0. The number of aliphatic imine (C=N–C) groups is 2. The Hall–Kier alpha value is -1.72. The van der Waals surface area contributed by atoms with E-state index in [0.29, 0.717) is 35.7 Å². The van der Waals surface area contributed by atoms with Crippen LogP contribution in [0, 0.1) is 35.5 Å². The van der Waals surface area contributed by atoms with E-state index in [1.807, 2.05) is 6.92 Å². The van der Waals surface area contributed by atoms with E-state index in [1.54, 1.807) is 0 Å². The third-order valence-electron chi connectivity index (χ3n) is 12.6. The van der Waals surface area contributed by atoms with E-state index in [1.165, 1.54) is 108 Å². The largest absolute Gasteiger partial charge is 0.342 e. The van der Waals surface area contributed by atoms with Gasteiger partial charge in [-0.3, -0.25) is 14.6 Å². The average molecular weight is 623 g/mol. The van der Waals surface area contributed by atoms with Crippen molar-refractivity contribution in [2.24, 2.45) is 45.5 Å². The molecule has 0 aromatic rings. The number of fused-ring (bicyclic) bond motifs is 2. The summed E-state index contributed by atoms with van der Waals surface area (Å²) in [6.07, 6.45) is 25.2. The molecule has 3 aliphatic carbocycles. The van der Waals surface area contributed by atoms with Gasteiger partial charge in [0.15, 0.2) is 0 Å². The maximum atomic E-state index is 12.6. The van der Waals surface area contributed by atoms with Crippen LogP contribution in [-0.4, -0.2) is 64.9 Å². The Balaban J connectivity index is 0.000000135. The molecule has 6 nitrogen and oxygen atoms in total. The van der Waals surface area contributed by atoms with Gasteiger partial charge in [-0.2, -0.15) is 0 Å². The van der Waals surface area contributed by atoms with Crippen molar-refractivity contribution in [1.29, 1.82) is 0 Å². The van der Waals surface area contributed by atoms with Crippen molar-refractivity contribution in [2.45, 2.75) is 168 Å². The topological polar surface area (TPSA) is 65.3 Å². The van der Waals surface area contributed by atoms with E-state index in [0.717, 1.165) is 74.8 Å². The minimum Gasteiger partial charge on any atom is -0.342 e. The molecule has 0 radical (unpaired) electrons. The predicted octanol–water partition coefficient (Wildman–Crippen LogP) is 8.87. The number of piperidine rings is 2. The first-order valence-electron chi connectivity index (χ1n) is 19.5. The van der Waals surface area contributed by atoms with Gasteiger partial charge in [0.25, 0.3) is 0 Å². The highest BCUT2D eigenvalue weighted by atomic mass is 16.2. The lowest BCUT2D eigenvalue weighted by molar-refractivity contribution is -0.141. The molecule has 6 heteroatoms. The maximum Gasteiger partial charge on any atom is 0.226 e. The van der Waals surface area contributed by atoms with Crippen molar-refractivity contribution in [1.82, 2.24) is 9.80 Å². The van der Waals surface area contributed by atoms with Gasteiger partial charge >= 0.3 is 0 Å². The lowest BCUT2D eigenvalue weighted by Crippen LogP contribution is -2.47. The highest BCUT2D eigenvalue weighted by molar-refractivity contribution is 6.04. The van der Waals surface area contributed by atoms with Crippen LogP contribution in [0.3, 0.4) is 0 Å². The minimum atomic E-state index is 0.360. The molecule has 0 aromatic heterocycles. The van der Waals surface area contributed by atoms with Gasteiger partial charge in [-0.15, -0.1) is 0 Å². The summed E-state index contributed by atoms with van der Waals surface area (Å²) in [6, 6.07) is 1.22. The molecule has 3 saturated heterocycles. The Morgan fingerprint density at radius 3 is 1.56 bits per heavy atom. The highest BCUT2D eigenvalue weighted by Crippen LogP contribution is 2.39. The number of rotatable bonds is 3. The van der Waals surface area contributed by atoms with Gasteiger partial charge in [0.2, 0.25) is 11.8 Å². The number of hydrogen-bond acceptors (Lipinski definition) is 4. The van der Waals surface area contributed by atoms with Crippen LogP contribution in [0.2, 0.25) is 0 Å². The van der Waals surface area contributed by atoms with Gasteiger partial charge in [-0.1, -0.05) is 33.6 Å². The van der Waals surface area contributed by atoms with Gasteiger partial charge in [-0.25, -0.2) is 4.99 Å².